The van der Waals surface area contributed by atoms with E-state index >= 15 is 0 Å². The monoisotopic (exact) mass is 402 g/mol. The van der Waals surface area contributed by atoms with E-state index in [1.165, 1.54) is 25.7 Å². The minimum Gasteiger partial charge on any atom is -0.457 e. The molecule has 7 nitrogen and oxygen atoms in total. The second kappa shape index (κ2) is 8.57. The van der Waals surface area contributed by atoms with Crippen molar-refractivity contribution >= 4 is 23.5 Å². The van der Waals surface area contributed by atoms with E-state index in [1.807, 2.05) is 54.6 Å². The first kappa shape index (κ1) is 18.7. The van der Waals surface area contributed by atoms with Crippen LogP contribution < -0.4 is 19.9 Å². The summed E-state index contributed by atoms with van der Waals surface area (Å²) in [6.45, 7) is 4.03. The molecule has 5 rings (SSSR count). The lowest BCUT2D eigenvalue weighted by Gasteiger charge is -2.20. The van der Waals surface area contributed by atoms with Crippen LogP contribution in [0.1, 0.15) is 25.7 Å². The van der Waals surface area contributed by atoms with E-state index in [2.05, 4.69) is 15.1 Å². The molecule has 30 heavy (non-hydrogen) atoms. The van der Waals surface area contributed by atoms with Crippen molar-refractivity contribution in [2.24, 2.45) is 0 Å². The Morgan fingerprint density at radius 2 is 1.17 bits per heavy atom. The molecule has 0 unspecified atom stereocenters. The standard InChI is InChI=1S/C23H26N6O/c1-2-8-19(9-3-1)30-20-12-10-18(11-13-20)24-21-25-22(28-14-4-5-15-28)27-23(26-21)29-16-6-7-17-29/h1-3,8-13H,4-7,14-17H2,(H,24,25,26,27). The van der Waals surface area contributed by atoms with Gasteiger partial charge in [0.15, 0.2) is 0 Å². The first-order valence-electron chi connectivity index (χ1n) is 10.7. The number of hydrogen-bond acceptors (Lipinski definition) is 7. The van der Waals surface area contributed by atoms with Crippen LogP contribution in [0.25, 0.3) is 0 Å². The van der Waals surface area contributed by atoms with Gasteiger partial charge in [-0.25, -0.2) is 0 Å². The van der Waals surface area contributed by atoms with E-state index in [-0.39, 0.29) is 0 Å². The molecule has 1 N–H and O–H groups in total. The second-order valence-electron chi connectivity index (χ2n) is 7.71. The molecule has 154 valence electrons. The van der Waals surface area contributed by atoms with Crippen LogP contribution in [0.3, 0.4) is 0 Å². The fourth-order valence-electron chi connectivity index (χ4n) is 3.89. The van der Waals surface area contributed by atoms with Gasteiger partial charge in [-0.3, -0.25) is 0 Å². The highest BCUT2D eigenvalue weighted by atomic mass is 16.5. The Morgan fingerprint density at radius 3 is 1.73 bits per heavy atom. The van der Waals surface area contributed by atoms with Gasteiger partial charge in [0, 0.05) is 31.9 Å². The summed E-state index contributed by atoms with van der Waals surface area (Å²) in [5.74, 6) is 3.75. The van der Waals surface area contributed by atoms with Crippen molar-refractivity contribution in [2.75, 3.05) is 41.3 Å². The summed E-state index contributed by atoms with van der Waals surface area (Å²) >= 11 is 0. The Morgan fingerprint density at radius 1 is 0.633 bits per heavy atom. The van der Waals surface area contributed by atoms with Gasteiger partial charge in [0.25, 0.3) is 0 Å². The molecule has 0 bridgehead atoms. The number of nitrogens with zero attached hydrogens (tertiary/aromatic N) is 5. The first-order chi connectivity index (χ1) is 14.8. The van der Waals surface area contributed by atoms with Gasteiger partial charge in [-0.05, 0) is 62.1 Å². The lowest BCUT2D eigenvalue weighted by atomic mass is 10.3. The number of benzene rings is 2. The third-order valence-electron chi connectivity index (χ3n) is 5.48. The van der Waals surface area contributed by atoms with Crippen LogP contribution in [0.15, 0.2) is 54.6 Å². The summed E-state index contributed by atoms with van der Waals surface area (Å²) in [6.07, 6.45) is 4.76. The van der Waals surface area contributed by atoms with E-state index in [0.29, 0.717) is 5.95 Å². The van der Waals surface area contributed by atoms with Crippen LogP contribution in [-0.4, -0.2) is 41.1 Å². The highest BCUT2D eigenvalue weighted by Gasteiger charge is 2.21. The number of nitrogens with one attached hydrogen (secondary N) is 1. The van der Waals surface area contributed by atoms with Gasteiger partial charge in [-0.1, -0.05) is 18.2 Å². The van der Waals surface area contributed by atoms with E-state index in [4.69, 9.17) is 19.7 Å². The maximum atomic E-state index is 5.87. The Balaban J connectivity index is 1.35. The van der Waals surface area contributed by atoms with Crippen molar-refractivity contribution in [2.45, 2.75) is 25.7 Å². The summed E-state index contributed by atoms with van der Waals surface area (Å²) in [5.41, 5.74) is 0.918. The Kier molecular flexibility index (Phi) is 5.33. The molecule has 2 aliphatic heterocycles. The predicted molar refractivity (Wildman–Crippen MR) is 119 cm³/mol. The van der Waals surface area contributed by atoms with Crippen molar-refractivity contribution in [1.82, 2.24) is 15.0 Å². The molecule has 0 saturated carbocycles. The third-order valence-corrected chi connectivity index (χ3v) is 5.48. The Labute approximate surface area is 176 Å². The predicted octanol–water partition coefficient (Wildman–Crippen LogP) is 4.61. The van der Waals surface area contributed by atoms with Gasteiger partial charge in [-0.15, -0.1) is 0 Å². The van der Waals surface area contributed by atoms with Crippen LogP contribution in [0.4, 0.5) is 23.5 Å². The zero-order valence-corrected chi connectivity index (χ0v) is 17.0. The summed E-state index contributed by atoms with van der Waals surface area (Å²) in [7, 11) is 0. The molecule has 2 fully saturated rings. The van der Waals surface area contributed by atoms with Crippen LogP contribution in [0.5, 0.6) is 11.5 Å². The molecule has 0 atom stereocenters. The van der Waals surface area contributed by atoms with Crippen LogP contribution in [0.2, 0.25) is 0 Å². The quantitative estimate of drug-likeness (QED) is 0.646. The van der Waals surface area contributed by atoms with Crippen molar-refractivity contribution in [3.05, 3.63) is 54.6 Å². The largest absolute Gasteiger partial charge is 0.457 e. The summed E-state index contributed by atoms with van der Waals surface area (Å²) in [4.78, 5) is 18.7. The minimum absolute atomic E-state index is 0.588. The van der Waals surface area contributed by atoms with E-state index in [1.54, 1.807) is 0 Å². The lowest BCUT2D eigenvalue weighted by molar-refractivity contribution is 0.483. The molecule has 2 aromatic carbocycles. The molecule has 3 heterocycles. The van der Waals surface area contributed by atoms with Crippen molar-refractivity contribution in [1.29, 1.82) is 0 Å². The lowest BCUT2D eigenvalue weighted by Crippen LogP contribution is -2.25. The number of hydrogen-bond donors (Lipinski definition) is 1. The fraction of sp³-hybridized carbons (Fsp3) is 0.348. The molecule has 2 saturated heterocycles. The number of anilines is 4. The van der Waals surface area contributed by atoms with E-state index in [9.17, 15) is 0 Å². The third kappa shape index (κ3) is 4.30. The summed E-state index contributed by atoms with van der Waals surface area (Å²) < 4.78 is 5.87. The first-order valence-corrected chi connectivity index (χ1v) is 10.7. The molecule has 7 heteroatoms. The van der Waals surface area contributed by atoms with Crippen molar-refractivity contribution < 1.29 is 4.74 Å². The highest BCUT2D eigenvalue weighted by molar-refractivity contribution is 5.57. The smallest absolute Gasteiger partial charge is 0.233 e. The van der Waals surface area contributed by atoms with Gasteiger partial charge < -0.3 is 19.9 Å². The average molecular weight is 403 g/mol. The molecule has 0 spiro atoms. The van der Waals surface area contributed by atoms with Gasteiger partial charge in [0.05, 0.1) is 0 Å². The minimum atomic E-state index is 0.588. The molecule has 1 aromatic heterocycles. The number of aromatic nitrogens is 3. The van der Waals surface area contributed by atoms with Gasteiger partial charge in [0.1, 0.15) is 11.5 Å². The molecular formula is C23H26N6O. The fourth-order valence-corrected chi connectivity index (χ4v) is 3.89. The van der Waals surface area contributed by atoms with Crippen molar-refractivity contribution in [3.8, 4) is 11.5 Å². The van der Waals surface area contributed by atoms with Crippen LogP contribution in [0, 0.1) is 0 Å². The summed E-state index contributed by atoms with van der Waals surface area (Å²) in [6, 6.07) is 17.6. The maximum Gasteiger partial charge on any atom is 0.233 e. The Hall–Kier alpha value is -3.35. The molecule has 0 aliphatic carbocycles. The number of rotatable bonds is 6. The SMILES string of the molecule is c1ccc(Oc2ccc(Nc3nc(N4CCCC4)nc(N4CCCC4)n3)cc2)cc1. The van der Waals surface area contributed by atoms with Crippen LogP contribution >= 0.6 is 0 Å². The number of ether oxygens (including phenoxy) is 1. The Bertz CT molecular complexity index is 932. The van der Waals surface area contributed by atoms with E-state index in [0.717, 1.165) is 55.3 Å². The molecule has 0 amide bonds. The molecule has 0 radical (unpaired) electrons. The topological polar surface area (TPSA) is 66.4 Å². The molecule has 2 aliphatic rings. The zero-order valence-electron chi connectivity index (χ0n) is 17.0. The maximum absolute atomic E-state index is 5.87. The van der Waals surface area contributed by atoms with Gasteiger partial charge >= 0.3 is 0 Å². The normalized spacial score (nSPS) is 16.1. The summed E-state index contributed by atoms with van der Waals surface area (Å²) in [5, 5.41) is 3.35. The average Bonchev–Trinajstić information content (AvgIpc) is 3.50. The number of para-hydroxylation sites is 1. The van der Waals surface area contributed by atoms with Gasteiger partial charge in [0.2, 0.25) is 17.8 Å². The highest BCUT2D eigenvalue weighted by Crippen LogP contribution is 2.26. The van der Waals surface area contributed by atoms with Gasteiger partial charge in [-0.2, -0.15) is 15.0 Å². The van der Waals surface area contributed by atoms with Crippen LogP contribution in [-0.2, 0) is 0 Å². The second-order valence-corrected chi connectivity index (χ2v) is 7.71. The van der Waals surface area contributed by atoms with E-state index < -0.39 is 0 Å². The zero-order chi connectivity index (χ0) is 20.2. The van der Waals surface area contributed by atoms with Crippen molar-refractivity contribution in [3.63, 3.8) is 0 Å². The molecular weight excluding hydrogens is 376 g/mol. The molecule has 3 aromatic rings.